The Hall–Kier alpha value is -1.84. The predicted octanol–water partition coefficient (Wildman–Crippen LogP) is 1.91. The summed E-state index contributed by atoms with van der Waals surface area (Å²) < 4.78 is 0. The average molecular weight is 219 g/mol. The lowest BCUT2D eigenvalue weighted by atomic mass is 10.2. The Labute approximate surface area is 93.5 Å². The molecule has 1 saturated carbocycles. The van der Waals surface area contributed by atoms with Crippen LogP contribution in [0, 0.1) is 11.8 Å². The van der Waals surface area contributed by atoms with E-state index in [1.54, 1.807) is 6.21 Å². The fraction of sp³-hybridized carbons (Fsp3) is 0.333. The van der Waals surface area contributed by atoms with Crippen molar-refractivity contribution in [1.29, 1.82) is 0 Å². The maximum Gasteiger partial charge on any atom is 0.307 e. The molecule has 1 aromatic carbocycles. The van der Waals surface area contributed by atoms with E-state index in [1.807, 2.05) is 30.3 Å². The van der Waals surface area contributed by atoms with E-state index >= 15 is 0 Å². The lowest BCUT2D eigenvalue weighted by Crippen LogP contribution is -2.00. The highest BCUT2D eigenvalue weighted by Crippen LogP contribution is 2.36. The number of rotatable bonds is 5. The van der Waals surface area contributed by atoms with E-state index in [9.17, 15) is 4.79 Å². The molecule has 0 unspecified atom stereocenters. The topological polar surface area (TPSA) is 58.9 Å². The first kappa shape index (κ1) is 10.7. The number of hydrogen-bond acceptors (Lipinski definition) is 3. The summed E-state index contributed by atoms with van der Waals surface area (Å²) in [5.41, 5.74) is 1.05. The molecule has 0 aromatic heterocycles. The molecule has 1 aromatic rings. The van der Waals surface area contributed by atoms with E-state index in [2.05, 4.69) is 5.16 Å². The molecule has 0 heterocycles. The molecule has 1 aliphatic rings. The molecule has 84 valence electrons. The van der Waals surface area contributed by atoms with Gasteiger partial charge in [-0.3, -0.25) is 4.79 Å². The van der Waals surface area contributed by atoms with Crippen molar-refractivity contribution >= 4 is 12.2 Å². The molecule has 2 atom stereocenters. The Kier molecular flexibility index (Phi) is 3.19. The standard InChI is InChI=1S/C12H13NO3/c14-12(15)11-6-10(11)7-13-16-8-9-4-2-1-3-5-9/h1-5,7,10-11H,6,8H2,(H,14,15)/t10-,11-/m1/s1. The number of hydrogen-bond donors (Lipinski definition) is 1. The van der Waals surface area contributed by atoms with Gasteiger partial charge in [-0.15, -0.1) is 0 Å². The Morgan fingerprint density at radius 3 is 2.88 bits per heavy atom. The van der Waals surface area contributed by atoms with E-state index in [0.717, 1.165) is 5.56 Å². The molecule has 0 bridgehead atoms. The summed E-state index contributed by atoms with van der Waals surface area (Å²) in [6.45, 7) is 0.418. The van der Waals surface area contributed by atoms with Crippen molar-refractivity contribution in [2.24, 2.45) is 17.0 Å². The maximum absolute atomic E-state index is 10.5. The van der Waals surface area contributed by atoms with Crippen molar-refractivity contribution in [3.8, 4) is 0 Å². The SMILES string of the molecule is O=C(O)[C@@H]1C[C@@H]1C=NOCc1ccccc1. The van der Waals surface area contributed by atoms with Gasteiger partial charge in [-0.25, -0.2) is 0 Å². The van der Waals surface area contributed by atoms with Crippen molar-refractivity contribution in [2.45, 2.75) is 13.0 Å². The third kappa shape index (κ3) is 2.82. The van der Waals surface area contributed by atoms with Gasteiger partial charge in [-0.2, -0.15) is 0 Å². The van der Waals surface area contributed by atoms with Gasteiger partial charge >= 0.3 is 5.97 Å². The van der Waals surface area contributed by atoms with Gasteiger partial charge < -0.3 is 9.94 Å². The average Bonchev–Trinajstić information content (AvgIpc) is 3.05. The van der Waals surface area contributed by atoms with Crippen molar-refractivity contribution < 1.29 is 14.7 Å². The molecule has 4 nitrogen and oxygen atoms in total. The molecule has 0 amide bonds. The Morgan fingerprint density at radius 1 is 1.50 bits per heavy atom. The van der Waals surface area contributed by atoms with Crippen LogP contribution >= 0.6 is 0 Å². The number of aliphatic carboxylic acids is 1. The minimum atomic E-state index is -0.750. The lowest BCUT2D eigenvalue weighted by Gasteiger charge is -1.98. The minimum Gasteiger partial charge on any atom is -0.481 e. The van der Waals surface area contributed by atoms with Crippen LogP contribution in [-0.2, 0) is 16.2 Å². The number of carboxylic acid groups (broad SMARTS) is 1. The Balaban J connectivity index is 1.69. The summed E-state index contributed by atoms with van der Waals surface area (Å²) in [7, 11) is 0. The van der Waals surface area contributed by atoms with E-state index < -0.39 is 5.97 Å². The van der Waals surface area contributed by atoms with Gasteiger partial charge in [0.05, 0.1) is 5.92 Å². The molecule has 1 aliphatic carbocycles. The highest BCUT2D eigenvalue weighted by molar-refractivity contribution is 5.81. The minimum absolute atomic E-state index is 0.0493. The van der Waals surface area contributed by atoms with Gasteiger partial charge in [0.2, 0.25) is 0 Å². The molecule has 0 aliphatic heterocycles. The maximum atomic E-state index is 10.5. The fourth-order valence-corrected chi connectivity index (χ4v) is 1.47. The second-order valence-electron chi connectivity index (χ2n) is 3.86. The smallest absolute Gasteiger partial charge is 0.307 e. The van der Waals surface area contributed by atoms with Crippen molar-refractivity contribution in [1.82, 2.24) is 0 Å². The van der Waals surface area contributed by atoms with Crippen molar-refractivity contribution in [3.63, 3.8) is 0 Å². The number of carbonyl (C=O) groups is 1. The van der Waals surface area contributed by atoms with Crippen LogP contribution in [0.2, 0.25) is 0 Å². The van der Waals surface area contributed by atoms with E-state index in [0.29, 0.717) is 13.0 Å². The van der Waals surface area contributed by atoms with Crippen LogP contribution < -0.4 is 0 Å². The Bertz CT molecular complexity index is 389. The molecule has 4 heteroatoms. The highest BCUT2D eigenvalue weighted by atomic mass is 16.6. The van der Waals surface area contributed by atoms with Crippen molar-refractivity contribution in [2.75, 3.05) is 0 Å². The first-order valence-corrected chi connectivity index (χ1v) is 5.19. The van der Waals surface area contributed by atoms with E-state index in [1.165, 1.54) is 0 Å². The molecule has 2 rings (SSSR count). The molecule has 1 N–H and O–H groups in total. The number of benzene rings is 1. The van der Waals surface area contributed by atoms with E-state index in [4.69, 9.17) is 9.94 Å². The van der Waals surface area contributed by atoms with Crippen LogP contribution in [0.3, 0.4) is 0 Å². The zero-order chi connectivity index (χ0) is 11.4. The summed E-state index contributed by atoms with van der Waals surface area (Å²) in [6.07, 6.45) is 2.26. The third-order valence-corrected chi connectivity index (χ3v) is 2.56. The van der Waals surface area contributed by atoms with E-state index in [-0.39, 0.29) is 11.8 Å². The summed E-state index contributed by atoms with van der Waals surface area (Å²) in [6, 6.07) is 9.71. The molecule has 0 saturated heterocycles. The van der Waals surface area contributed by atoms with Crippen LogP contribution in [0.25, 0.3) is 0 Å². The van der Waals surface area contributed by atoms with Gasteiger partial charge in [-0.05, 0) is 12.0 Å². The van der Waals surface area contributed by atoms with Gasteiger partial charge in [0.25, 0.3) is 0 Å². The van der Waals surface area contributed by atoms with Crippen LogP contribution in [0.5, 0.6) is 0 Å². The van der Waals surface area contributed by atoms with Crippen LogP contribution in [0.15, 0.2) is 35.5 Å². The molecule has 1 fully saturated rings. The molecular weight excluding hydrogens is 206 g/mol. The fourth-order valence-electron chi connectivity index (χ4n) is 1.47. The predicted molar refractivity (Wildman–Crippen MR) is 59.0 cm³/mol. The van der Waals surface area contributed by atoms with Crippen LogP contribution in [0.4, 0.5) is 0 Å². The largest absolute Gasteiger partial charge is 0.481 e. The zero-order valence-corrected chi connectivity index (χ0v) is 8.74. The monoisotopic (exact) mass is 219 g/mol. The van der Waals surface area contributed by atoms with Gasteiger partial charge in [0, 0.05) is 12.1 Å². The molecular formula is C12H13NO3. The second-order valence-corrected chi connectivity index (χ2v) is 3.86. The van der Waals surface area contributed by atoms with Crippen LogP contribution in [-0.4, -0.2) is 17.3 Å². The number of oxime groups is 1. The molecule has 16 heavy (non-hydrogen) atoms. The lowest BCUT2D eigenvalue weighted by molar-refractivity contribution is -0.138. The third-order valence-electron chi connectivity index (χ3n) is 2.56. The number of carboxylic acids is 1. The first-order valence-electron chi connectivity index (χ1n) is 5.19. The highest BCUT2D eigenvalue weighted by Gasteiger charge is 2.42. The number of nitrogens with zero attached hydrogens (tertiary/aromatic N) is 1. The Morgan fingerprint density at radius 2 is 2.25 bits per heavy atom. The summed E-state index contributed by atoms with van der Waals surface area (Å²) in [5.74, 6) is -0.961. The van der Waals surface area contributed by atoms with Gasteiger partial charge in [0.15, 0.2) is 0 Å². The van der Waals surface area contributed by atoms with Gasteiger partial charge in [-0.1, -0.05) is 35.5 Å². The molecule has 0 spiro atoms. The second kappa shape index (κ2) is 4.79. The summed E-state index contributed by atoms with van der Waals surface area (Å²) in [5, 5.41) is 12.4. The van der Waals surface area contributed by atoms with Crippen molar-refractivity contribution in [3.05, 3.63) is 35.9 Å². The summed E-state index contributed by atoms with van der Waals surface area (Å²) >= 11 is 0. The molecule has 0 radical (unpaired) electrons. The quantitative estimate of drug-likeness (QED) is 0.608. The first-order chi connectivity index (χ1) is 7.77. The van der Waals surface area contributed by atoms with Gasteiger partial charge in [0.1, 0.15) is 6.61 Å². The van der Waals surface area contributed by atoms with Crippen LogP contribution in [0.1, 0.15) is 12.0 Å². The zero-order valence-electron chi connectivity index (χ0n) is 8.74. The normalized spacial score (nSPS) is 23.2. The summed E-state index contributed by atoms with van der Waals surface area (Å²) in [4.78, 5) is 15.6.